The molecular formula is C15H10CrF3NO5. The first-order chi connectivity index (χ1) is 11.4. The van der Waals surface area contributed by atoms with E-state index in [1.54, 1.807) is 20.0 Å². The second-order valence-electron chi connectivity index (χ2n) is 3.42. The number of halogens is 3. The summed E-state index contributed by atoms with van der Waals surface area (Å²) in [5.74, 6) is 1.69. The molecule has 10 heteroatoms. The number of carbonyl (C=O) groups excluding carboxylic acids is 1. The molecule has 0 unspecified atom stereocenters. The summed E-state index contributed by atoms with van der Waals surface area (Å²) in [6.45, 7) is 18.0. The van der Waals surface area contributed by atoms with Crippen molar-refractivity contribution >= 4 is 11.6 Å². The van der Waals surface area contributed by atoms with Crippen LogP contribution in [0.25, 0.3) is 5.70 Å². The third-order valence-corrected chi connectivity index (χ3v) is 2.03. The maximum absolute atomic E-state index is 12.3. The van der Waals surface area contributed by atoms with Crippen LogP contribution in [0.5, 0.6) is 0 Å². The largest absolute Gasteiger partial charge is 0 e. The Balaban J connectivity index is -0.000000130. The molecule has 0 heterocycles. The first-order valence-corrected chi connectivity index (χ1v) is 5.28. The summed E-state index contributed by atoms with van der Waals surface area (Å²) >= 11 is 0. The smallest absolute Gasteiger partial charge is 0 e. The monoisotopic (exact) mass is 393 g/mol. The van der Waals surface area contributed by atoms with Crippen molar-refractivity contribution < 1.29 is 53.9 Å². The molecule has 0 aliphatic heterocycles. The quantitative estimate of drug-likeness (QED) is 0.437. The van der Waals surface area contributed by atoms with Gasteiger partial charge in [-0.1, -0.05) is 12.1 Å². The molecule has 25 heavy (non-hydrogen) atoms. The van der Waals surface area contributed by atoms with Crippen molar-refractivity contribution in [1.29, 1.82) is 0 Å². The molecule has 0 radical (unpaired) electrons. The van der Waals surface area contributed by atoms with Gasteiger partial charge in [0, 0.05) is 37.0 Å². The minimum atomic E-state index is -4.36. The molecule has 0 aliphatic rings. The molecule has 0 fully saturated rings. The Bertz CT molecular complexity index is 559. The SMILES string of the molecule is CN(C)C(=C=O)c1ccc(C(F)(F)F)cc1.[C-]#[O+].[C-]#[O+].[C-]#[O+].[C-]#[O+].[Cr]. The van der Waals surface area contributed by atoms with Gasteiger partial charge in [0.1, 0.15) is 5.70 Å². The third kappa shape index (κ3) is 15.0. The fraction of sp³-hybridized carbons (Fsp3) is 0.200. The van der Waals surface area contributed by atoms with Crippen LogP contribution < -0.4 is 0 Å². The zero-order chi connectivity index (χ0) is 20.3. The summed E-state index contributed by atoms with van der Waals surface area (Å²) in [6.07, 6.45) is -4.36. The maximum Gasteiger partial charge on any atom is 0 e. The first-order valence-electron chi connectivity index (χ1n) is 5.28. The van der Waals surface area contributed by atoms with Crippen LogP contribution in [0.3, 0.4) is 0 Å². The van der Waals surface area contributed by atoms with Gasteiger partial charge in [0.2, 0.25) is 0 Å². The van der Waals surface area contributed by atoms with E-state index in [9.17, 15) is 18.0 Å². The molecule has 0 aliphatic carbocycles. The van der Waals surface area contributed by atoms with E-state index in [1.165, 1.54) is 17.0 Å². The molecule has 0 amide bonds. The van der Waals surface area contributed by atoms with Gasteiger partial charge in [0.25, 0.3) is 0 Å². The maximum atomic E-state index is 12.3. The van der Waals surface area contributed by atoms with E-state index in [-0.39, 0.29) is 23.1 Å². The normalized spacial score (nSPS) is 7.24. The molecule has 1 aromatic rings. The van der Waals surface area contributed by atoms with E-state index in [0.29, 0.717) is 5.56 Å². The van der Waals surface area contributed by atoms with Crippen molar-refractivity contribution in [1.82, 2.24) is 4.90 Å². The van der Waals surface area contributed by atoms with Crippen LogP contribution in [0, 0.1) is 26.6 Å². The Morgan fingerprint density at radius 1 is 0.920 bits per heavy atom. The van der Waals surface area contributed by atoms with E-state index in [4.69, 9.17) is 18.6 Å². The van der Waals surface area contributed by atoms with Crippen LogP contribution in [0.1, 0.15) is 11.1 Å². The summed E-state index contributed by atoms with van der Waals surface area (Å²) in [6, 6.07) is 4.39. The van der Waals surface area contributed by atoms with Crippen LogP contribution in [0.2, 0.25) is 0 Å². The summed E-state index contributed by atoms with van der Waals surface area (Å²) in [7, 11) is 3.25. The second kappa shape index (κ2) is 21.8. The Hall–Kier alpha value is -2.25. The van der Waals surface area contributed by atoms with Crippen molar-refractivity contribution in [2.24, 2.45) is 0 Å². The summed E-state index contributed by atoms with van der Waals surface area (Å²) in [5, 5.41) is 0. The molecule has 132 valence electrons. The van der Waals surface area contributed by atoms with Gasteiger partial charge in [0.15, 0.2) is 5.94 Å². The molecule has 0 saturated heterocycles. The molecule has 0 aromatic heterocycles. The Kier molecular flexibility index (Phi) is 29.7. The van der Waals surface area contributed by atoms with Crippen molar-refractivity contribution in [3.8, 4) is 0 Å². The number of rotatable bonds is 2. The van der Waals surface area contributed by atoms with Crippen LogP contribution in [0.4, 0.5) is 13.2 Å². The second-order valence-corrected chi connectivity index (χ2v) is 3.42. The van der Waals surface area contributed by atoms with Gasteiger partial charge in [-0.2, -0.15) is 13.2 Å². The third-order valence-electron chi connectivity index (χ3n) is 2.03. The zero-order valence-corrected chi connectivity index (χ0v) is 14.1. The summed E-state index contributed by atoms with van der Waals surface area (Å²) < 4.78 is 66.8. The van der Waals surface area contributed by atoms with Gasteiger partial charge in [-0.15, -0.1) is 0 Å². The molecule has 1 rings (SSSR count). The zero-order valence-electron chi connectivity index (χ0n) is 12.8. The van der Waals surface area contributed by atoms with Crippen molar-refractivity contribution in [3.63, 3.8) is 0 Å². The molecular weight excluding hydrogens is 383 g/mol. The van der Waals surface area contributed by atoms with Crippen LogP contribution in [0.15, 0.2) is 24.3 Å². The Labute approximate surface area is 153 Å². The van der Waals surface area contributed by atoms with Crippen LogP contribution in [-0.2, 0) is 46.9 Å². The van der Waals surface area contributed by atoms with E-state index in [1.807, 2.05) is 0 Å². The molecule has 0 spiro atoms. The number of benzene rings is 1. The molecule has 1 aromatic carbocycles. The molecule has 0 atom stereocenters. The first kappa shape index (κ1) is 34.2. The Morgan fingerprint density at radius 2 is 1.24 bits per heavy atom. The van der Waals surface area contributed by atoms with Crippen molar-refractivity contribution in [2.75, 3.05) is 14.1 Å². The van der Waals surface area contributed by atoms with E-state index < -0.39 is 11.7 Å². The fourth-order valence-electron chi connectivity index (χ4n) is 1.23. The average molecular weight is 393 g/mol. The molecule has 0 bridgehead atoms. The average Bonchev–Trinajstić information content (AvgIpc) is 2.62. The van der Waals surface area contributed by atoms with Gasteiger partial charge in [-0.25, -0.2) is 4.79 Å². The van der Waals surface area contributed by atoms with E-state index in [0.717, 1.165) is 12.1 Å². The fourth-order valence-corrected chi connectivity index (χ4v) is 1.23. The predicted molar refractivity (Wildman–Crippen MR) is 69.9 cm³/mol. The number of nitrogens with zero attached hydrogens (tertiary/aromatic N) is 1. The van der Waals surface area contributed by atoms with Gasteiger partial charge in [-0.05, 0) is 12.1 Å². The molecule has 0 saturated carbocycles. The number of hydrogen-bond acceptors (Lipinski definition) is 2. The summed E-state index contributed by atoms with van der Waals surface area (Å²) in [4.78, 5) is 12.1. The molecule has 6 nitrogen and oxygen atoms in total. The van der Waals surface area contributed by atoms with Gasteiger partial charge in [-0.3, -0.25) is 0 Å². The van der Waals surface area contributed by atoms with E-state index in [2.05, 4.69) is 26.6 Å². The van der Waals surface area contributed by atoms with Crippen molar-refractivity contribution in [2.45, 2.75) is 6.18 Å². The number of alkyl halides is 3. The predicted octanol–water partition coefficient (Wildman–Crippen LogP) is 2.29. The minimum Gasteiger partial charge on any atom is 0 e. The number of hydrogen-bond donors (Lipinski definition) is 0. The van der Waals surface area contributed by atoms with Crippen LogP contribution in [-0.4, -0.2) is 24.9 Å². The van der Waals surface area contributed by atoms with Gasteiger partial charge < -0.3 is 4.90 Å². The van der Waals surface area contributed by atoms with E-state index >= 15 is 0 Å². The van der Waals surface area contributed by atoms with Gasteiger partial charge in [0.05, 0.1) is 5.56 Å². The van der Waals surface area contributed by atoms with Crippen LogP contribution >= 0.6 is 0 Å². The minimum absolute atomic E-state index is 0. The Morgan fingerprint density at radius 3 is 1.44 bits per heavy atom. The van der Waals surface area contributed by atoms with Crippen molar-refractivity contribution in [3.05, 3.63) is 62.0 Å². The molecule has 0 N–H and O–H groups in total. The topological polar surface area (TPSA) is 99.9 Å². The van der Waals surface area contributed by atoms with Gasteiger partial charge >= 0.3 is 51.4 Å². The standard InChI is InChI=1S/C11H10F3NO.4CO.Cr/c1-15(2)10(7-16)8-3-5-9(6-4-8)11(12,13)14;4*1-2;/h3-6H,1-2H3;;;;;. The summed E-state index contributed by atoms with van der Waals surface area (Å²) in [5.41, 5.74) is -0.109.